The van der Waals surface area contributed by atoms with E-state index in [1.54, 1.807) is 13.0 Å². The van der Waals surface area contributed by atoms with Crippen molar-refractivity contribution in [3.63, 3.8) is 0 Å². The number of nitrogens with one attached hydrogen (secondary N) is 2. The summed E-state index contributed by atoms with van der Waals surface area (Å²) in [5.74, 6) is -1.87. The second kappa shape index (κ2) is 9.76. The Hall–Kier alpha value is -2.57. The average molecular weight is 547 g/mol. The van der Waals surface area contributed by atoms with Crippen molar-refractivity contribution in [2.24, 2.45) is 0 Å². The van der Waals surface area contributed by atoms with Gasteiger partial charge in [0.2, 0.25) is 0 Å². The number of nitrogens with zero attached hydrogens (tertiary/aromatic N) is 1. The number of hydrogen-bond acceptors (Lipinski definition) is 6. The van der Waals surface area contributed by atoms with Gasteiger partial charge in [-0.1, -0.05) is 15.9 Å². The van der Waals surface area contributed by atoms with Crippen LogP contribution in [0.4, 0.5) is 11.4 Å². The highest BCUT2D eigenvalue weighted by Gasteiger charge is 2.20. The standard InChI is InChI=1S/C17H13Br2N3O6S/c1-2-28-13-4-3-8(5-12(13)22(26)27)15(23)21-17(29)20-14-10(16(24)25)6-9(18)7-11(14)19/h3-7H,2H2,1H3,(H,24,25)(H2,20,21,23,29). The van der Waals surface area contributed by atoms with Crippen LogP contribution in [0.1, 0.15) is 27.6 Å². The molecule has 0 aliphatic rings. The summed E-state index contributed by atoms with van der Waals surface area (Å²) in [4.78, 5) is 34.4. The first-order valence-electron chi connectivity index (χ1n) is 7.90. The lowest BCUT2D eigenvalue weighted by atomic mass is 10.1. The van der Waals surface area contributed by atoms with Crippen LogP contribution in [0, 0.1) is 10.1 Å². The van der Waals surface area contributed by atoms with E-state index < -0.39 is 16.8 Å². The Kier molecular flexibility index (Phi) is 7.65. The number of carboxylic acids is 1. The monoisotopic (exact) mass is 545 g/mol. The molecular weight excluding hydrogens is 534 g/mol. The number of aromatic carboxylic acids is 1. The highest BCUT2D eigenvalue weighted by molar-refractivity contribution is 9.11. The molecule has 1 amide bonds. The fraction of sp³-hybridized carbons (Fsp3) is 0.118. The van der Waals surface area contributed by atoms with Gasteiger partial charge >= 0.3 is 11.7 Å². The molecule has 0 fully saturated rings. The molecule has 0 bridgehead atoms. The number of anilines is 1. The molecule has 0 heterocycles. The normalized spacial score (nSPS) is 10.2. The molecule has 9 nitrogen and oxygen atoms in total. The lowest BCUT2D eigenvalue weighted by Crippen LogP contribution is -2.34. The molecule has 0 atom stereocenters. The summed E-state index contributed by atoms with van der Waals surface area (Å²) >= 11 is 11.5. The molecule has 0 radical (unpaired) electrons. The van der Waals surface area contributed by atoms with Crippen molar-refractivity contribution in [3.8, 4) is 5.75 Å². The molecule has 0 aliphatic heterocycles. The second-order valence-corrected chi connectivity index (χ2v) is 7.57. The van der Waals surface area contributed by atoms with Crippen molar-refractivity contribution in [1.82, 2.24) is 5.32 Å². The maximum atomic E-state index is 12.4. The van der Waals surface area contributed by atoms with Crippen molar-refractivity contribution in [1.29, 1.82) is 0 Å². The van der Waals surface area contributed by atoms with E-state index in [1.165, 1.54) is 18.2 Å². The molecule has 0 saturated heterocycles. The largest absolute Gasteiger partial charge is 0.487 e. The smallest absolute Gasteiger partial charge is 0.337 e. The number of ether oxygens (including phenoxy) is 1. The van der Waals surface area contributed by atoms with E-state index in [0.717, 1.165) is 6.07 Å². The molecule has 2 aromatic carbocycles. The molecule has 12 heteroatoms. The molecule has 0 spiro atoms. The van der Waals surface area contributed by atoms with Gasteiger partial charge in [0.05, 0.1) is 22.8 Å². The third-order valence-corrected chi connectivity index (χ3v) is 4.76. The lowest BCUT2D eigenvalue weighted by Gasteiger charge is -2.14. The predicted molar refractivity (Wildman–Crippen MR) is 117 cm³/mol. The second-order valence-electron chi connectivity index (χ2n) is 5.40. The summed E-state index contributed by atoms with van der Waals surface area (Å²) in [5.41, 5.74) is -0.317. The fourth-order valence-electron chi connectivity index (χ4n) is 2.27. The molecular formula is C17H13Br2N3O6S. The van der Waals surface area contributed by atoms with Gasteiger partial charge in [-0.3, -0.25) is 20.2 Å². The van der Waals surface area contributed by atoms with Crippen LogP contribution in [-0.2, 0) is 0 Å². The van der Waals surface area contributed by atoms with E-state index >= 15 is 0 Å². The number of thiocarbonyl (C=S) groups is 1. The Bertz CT molecular complexity index is 1010. The van der Waals surface area contributed by atoms with Crippen LogP contribution in [0.15, 0.2) is 39.3 Å². The van der Waals surface area contributed by atoms with Gasteiger partial charge in [0.25, 0.3) is 5.91 Å². The van der Waals surface area contributed by atoms with Crippen LogP contribution in [0.5, 0.6) is 5.75 Å². The van der Waals surface area contributed by atoms with Gasteiger partial charge in [-0.05, 0) is 59.3 Å². The number of nitro benzene ring substituents is 1. The summed E-state index contributed by atoms with van der Waals surface area (Å²) in [7, 11) is 0. The number of carbonyl (C=O) groups is 2. The molecule has 29 heavy (non-hydrogen) atoms. The Morgan fingerprint density at radius 3 is 2.55 bits per heavy atom. The Labute approximate surface area is 186 Å². The Morgan fingerprint density at radius 1 is 1.28 bits per heavy atom. The lowest BCUT2D eigenvalue weighted by molar-refractivity contribution is -0.385. The topological polar surface area (TPSA) is 131 Å². The van der Waals surface area contributed by atoms with Gasteiger partial charge in [-0.15, -0.1) is 0 Å². The first-order valence-corrected chi connectivity index (χ1v) is 9.89. The summed E-state index contributed by atoms with van der Waals surface area (Å²) in [6.07, 6.45) is 0. The summed E-state index contributed by atoms with van der Waals surface area (Å²) in [6, 6.07) is 6.72. The molecule has 0 unspecified atom stereocenters. The quantitative estimate of drug-likeness (QED) is 0.277. The van der Waals surface area contributed by atoms with Crippen LogP contribution < -0.4 is 15.4 Å². The number of halogens is 2. The number of carbonyl (C=O) groups excluding carboxylic acids is 1. The zero-order valence-corrected chi connectivity index (χ0v) is 18.7. The Balaban J connectivity index is 2.22. The van der Waals surface area contributed by atoms with Crippen molar-refractivity contribution in [3.05, 3.63) is 60.5 Å². The maximum absolute atomic E-state index is 12.4. The number of nitro groups is 1. The highest BCUT2D eigenvalue weighted by atomic mass is 79.9. The van der Waals surface area contributed by atoms with E-state index in [4.69, 9.17) is 17.0 Å². The van der Waals surface area contributed by atoms with Crippen molar-refractivity contribution >= 4 is 72.4 Å². The number of rotatable bonds is 6. The van der Waals surface area contributed by atoms with Gasteiger partial charge in [0.15, 0.2) is 10.9 Å². The van der Waals surface area contributed by atoms with Crippen LogP contribution in [0.2, 0.25) is 0 Å². The number of amides is 1. The summed E-state index contributed by atoms with van der Waals surface area (Å²) in [6.45, 7) is 1.91. The molecule has 3 N–H and O–H groups in total. The van der Waals surface area contributed by atoms with E-state index in [0.29, 0.717) is 8.95 Å². The highest BCUT2D eigenvalue weighted by Crippen LogP contribution is 2.31. The third-order valence-electron chi connectivity index (χ3n) is 3.47. The van der Waals surface area contributed by atoms with E-state index in [9.17, 15) is 24.8 Å². The minimum absolute atomic E-state index is 0.0161. The summed E-state index contributed by atoms with van der Waals surface area (Å²) < 4.78 is 6.11. The molecule has 2 aromatic rings. The van der Waals surface area contributed by atoms with E-state index in [2.05, 4.69) is 42.5 Å². The van der Waals surface area contributed by atoms with Crippen LogP contribution in [-0.4, -0.2) is 33.6 Å². The zero-order valence-electron chi connectivity index (χ0n) is 14.7. The minimum Gasteiger partial charge on any atom is -0.487 e. The number of benzene rings is 2. The van der Waals surface area contributed by atoms with Gasteiger partial charge in [-0.25, -0.2) is 4.79 Å². The predicted octanol–water partition coefficient (Wildman–Crippen LogP) is 4.34. The fourth-order valence-corrected chi connectivity index (χ4v) is 3.79. The molecule has 0 aliphatic carbocycles. The SMILES string of the molecule is CCOc1ccc(C(=O)NC(=S)Nc2c(Br)cc(Br)cc2C(=O)O)cc1[N+](=O)[O-]. The van der Waals surface area contributed by atoms with Crippen molar-refractivity contribution < 1.29 is 24.4 Å². The van der Waals surface area contributed by atoms with E-state index in [-0.39, 0.29) is 40.0 Å². The first-order chi connectivity index (χ1) is 13.6. The number of hydrogen-bond donors (Lipinski definition) is 3. The van der Waals surface area contributed by atoms with Gasteiger partial charge in [-0.2, -0.15) is 0 Å². The van der Waals surface area contributed by atoms with Crippen molar-refractivity contribution in [2.75, 3.05) is 11.9 Å². The number of carboxylic acid groups (broad SMARTS) is 1. The van der Waals surface area contributed by atoms with E-state index in [1.807, 2.05) is 0 Å². The minimum atomic E-state index is -1.20. The Morgan fingerprint density at radius 2 is 1.97 bits per heavy atom. The zero-order chi connectivity index (χ0) is 21.7. The van der Waals surface area contributed by atoms with Crippen LogP contribution in [0.25, 0.3) is 0 Å². The third kappa shape index (κ3) is 5.71. The van der Waals surface area contributed by atoms with Crippen LogP contribution in [0.3, 0.4) is 0 Å². The van der Waals surface area contributed by atoms with Crippen molar-refractivity contribution in [2.45, 2.75) is 6.92 Å². The first kappa shape index (κ1) is 22.7. The van der Waals surface area contributed by atoms with Gasteiger partial charge < -0.3 is 15.2 Å². The van der Waals surface area contributed by atoms with Gasteiger partial charge in [0, 0.05) is 20.6 Å². The average Bonchev–Trinajstić information content (AvgIpc) is 2.63. The molecule has 2 rings (SSSR count). The maximum Gasteiger partial charge on any atom is 0.337 e. The van der Waals surface area contributed by atoms with Gasteiger partial charge in [0.1, 0.15) is 0 Å². The summed E-state index contributed by atoms with van der Waals surface area (Å²) in [5, 5.41) is 25.4. The molecule has 152 valence electrons. The van der Waals surface area contributed by atoms with Crippen LogP contribution >= 0.6 is 44.1 Å². The molecule has 0 saturated carbocycles. The molecule has 0 aromatic heterocycles.